The van der Waals surface area contributed by atoms with Crippen molar-refractivity contribution in [3.63, 3.8) is 0 Å². The number of amides is 1. The van der Waals surface area contributed by atoms with Crippen LogP contribution in [-0.2, 0) is 18.4 Å². The second kappa shape index (κ2) is 8.88. The van der Waals surface area contributed by atoms with E-state index >= 15 is 0 Å². The smallest absolute Gasteiger partial charge is 0.281 e. The summed E-state index contributed by atoms with van der Waals surface area (Å²) in [5, 5.41) is 15.3. The highest BCUT2D eigenvalue weighted by Gasteiger charge is 2.35. The Hall–Kier alpha value is -2.96. The average molecular weight is 498 g/mol. The molecule has 1 aliphatic rings. The lowest BCUT2D eigenvalue weighted by molar-refractivity contribution is -0.136. The molecule has 1 saturated heterocycles. The first-order valence-corrected chi connectivity index (χ1v) is 11.2. The Labute approximate surface area is 194 Å². The summed E-state index contributed by atoms with van der Waals surface area (Å²) in [7, 11) is 1.72. The molecule has 2 aromatic heterocycles. The van der Waals surface area contributed by atoms with Crippen molar-refractivity contribution in [2.24, 2.45) is 7.05 Å². The molecule has 9 heteroatoms. The molecule has 0 spiro atoms. The Kier molecular flexibility index (Phi) is 6.17. The quantitative estimate of drug-likeness (QED) is 0.544. The molecule has 3 aromatic rings. The van der Waals surface area contributed by atoms with Gasteiger partial charge in [0.2, 0.25) is 5.91 Å². The molecule has 0 aliphatic carbocycles. The van der Waals surface area contributed by atoms with E-state index in [1.54, 1.807) is 16.6 Å². The topological polar surface area (TPSA) is 93.2 Å². The number of halogens is 1. The number of benzene rings is 1. The summed E-state index contributed by atoms with van der Waals surface area (Å²) in [6.07, 6.45) is 8.06. The maximum absolute atomic E-state index is 12.8. The van der Waals surface area contributed by atoms with Gasteiger partial charge in [0.05, 0.1) is 24.4 Å². The molecule has 1 aliphatic heterocycles. The number of piperidine rings is 1. The minimum absolute atomic E-state index is 0.0301. The van der Waals surface area contributed by atoms with Crippen LogP contribution in [0.15, 0.2) is 46.1 Å². The van der Waals surface area contributed by atoms with Crippen LogP contribution in [0.4, 0.5) is 0 Å². The molecule has 1 fully saturated rings. The van der Waals surface area contributed by atoms with Crippen LogP contribution >= 0.6 is 15.9 Å². The number of aromatic nitrogens is 4. The molecular weight excluding hydrogens is 474 g/mol. The van der Waals surface area contributed by atoms with Gasteiger partial charge in [-0.25, -0.2) is 4.98 Å². The number of nitrogens with zero attached hydrogens (tertiary/aromatic N) is 5. The third-order valence-corrected chi connectivity index (χ3v) is 6.93. The zero-order chi connectivity index (χ0) is 22.9. The lowest BCUT2D eigenvalue weighted by atomic mass is 9.90. The van der Waals surface area contributed by atoms with E-state index in [0.29, 0.717) is 36.1 Å². The van der Waals surface area contributed by atoms with Gasteiger partial charge in [-0.05, 0) is 34.3 Å². The largest absolute Gasteiger partial charge is 0.388 e. The molecule has 4 rings (SSSR count). The summed E-state index contributed by atoms with van der Waals surface area (Å²) in [5.41, 5.74) is 0.276. The van der Waals surface area contributed by atoms with E-state index in [0.717, 1.165) is 5.56 Å². The Morgan fingerprint density at radius 3 is 2.62 bits per heavy atom. The van der Waals surface area contributed by atoms with Gasteiger partial charge >= 0.3 is 0 Å². The van der Waals surface area contributed by atoms with E-state index in [4.69, 9.17) is 6.42 Å². The van der Waals surface area contributed by atoms with Crippen LogP contribution in [0.2, 0.25) is 0 Å². The zero-order valence-corrected chi connectivity index (χ0v) is 19.3. The van der Waals surface area contributed by atoms with Crippen LogP contribution in [0.3, 0.4) is 0 Å². The fourth-order valence-corrected chi connectivity index (χ4v) is 4.46. The van der Waals surface area contributed by atoms with Crippen molar-refractivity contribution >= 4 is 32.9 Å². The average Bonchev–Trinajstić information content (AvgIpc) is 3.09. The number of carbonyl (C=O) groups excluding carboxylic acids is 1. The molecule has 0 radical (unpaired) electrons. The van der Waals surface area contributed by atoms with Crippen LogP contribution in [0.5, 0.6) is 0 Å². The van der Waals surface area contributed by atoms with Crippen molar-refractivity contribution in [2.45, 2.75) is 37.3 Å². The Bertz CT molecular complexity index is 1240. The van der Waals surface area contributed by atoms with E-state index in [1.165, 1.54) is 10.9 Å². The van der Waals surface area contributed by atoms with E-state index in [1.807, 2.05) is 30.3 Å². The summed E-state index contributed by atoms with van der Waals surface area (Å²) in [5.74, 6) is 2.40. The SMILES string of the molecule is C#C[C@H](CC(=O)N1CCC(O)(Cn2cnc3c(Br)n(C)nc3c2=O)CC1)c1ccccc1. The van der Waals surface area contributed by atoms with Crippen LogP contribution in [0.25, 0.3) is 11.0 Å². The zero-order valence-electron chi connectivity index (χ0n) is 17.7. The molecule has 0 saturated carbocycles. The number of terminal acetylenes is 1. The second-order valence-corrected chi connectivity index (χ2v) is 8.98. The molecule has 166 valence electrons. The summed E-state index contributed by atoms with van der Waals surface area (Å²) in [6, 6.07) is 9.58. The van der Waals surface area contributed by atoms with Gasteiger partial charge in [-0.15, -0.1) is 6.42 Å². The standard InChI is InChI=1S/C23H24BrN5O3/c1-3-16(17-7-5-4-6-8-17)13-18(30)28-11-9-23(32,10-12-28)14-29-15-25-19-20(22(29)31)26-27(2)21(19)24/h1,4-8,15-16,32H,9-14H2,2H3/t16-/m1/s1. The Morgan fingerprint density at radius 2 is 1.97 bits per heavy atom. The second-order valence-electron chi connectivity index (χ2n) is 8.23. The number of aliphatic hydroxyl groups is 1. The molecule has 1 aromatic carbocycles. The first-order chi connectivity index (χ1) is 15.3. The number of hydrogen-bond donors (Lipinski definition) is 1. The van der Waals surface area contributed by atoms with E-state index < -0.39 is 5.60 Å². The number of carbonyl (C=O) groups is 1. The van der Waals surface area contributed by atoms with Gasteiger partial charge in [0.1, 0.15) is 10.1 Å². The fourth-order valence-electron chi connectivity index (χ4n) is 4.09. The highest BCUT2D eigenvalue weighted by molar-refractivity contribution is 9.10. The minimum Gasteiger partial charge on any atom is -0.388 e. The molecular formula is C23H24BrN5O3. The number of fused-ring (bicyclic) bond motifs is 1. The van der Waals surface area contributed by atoms with Crippen molar-refractivity contribution in [1.82, 2.24) is 24.2 Å². The lowest BCUT2D eigenvalue weighted by Crippen LogP contribution is -2.49. The van der Waals surface area contributed by atoms with Gasteiger partial charge in [0.15, 0.2) is 5.52 Å². The third-order valence-electron chi connectivity index (χ3n) is 6.04. The van der Waals surface area contributed by atoms with Crippen molar-refractivity contribution in [3.8, 4) is 12.3 Å². The Morgan fingerprint density at radius 1 is 1.28 bits per heavy atom. The van der Waals surface area contributed by atoms with Gasteiger partial charge < -0.3 is 10.0 Å². The predicted octanol–water partition coefficient (Wildman–Crippen LogP) is 2.05. The molecule has 3 heterocycles. The monoisotopic (exact) mass is 497 g/mol. The van der Waals surface area contributed by atoms with Gasteiger partial charge in [0.25, 0.3) is 5.56 Å². The number of likely N-dealkylation sites (tertiary alicyclic amines) is 1. The van der Waals surface area contributed by atoms with Crippen LogP contribution in [-0.4, -0.2) is 53.9 Å². The molecule has 32 heavy (non-hydrogen) atoms. The highest BCUT2D eigenvalue weighted by atomic mass is 79.9. The van der Waals surface area contributed by atoms with Crippen molar-refractivity contribution in [2.75, 3.05) is 13.1 Å². The number of aryl methyl sites for hydroxylation is 1. The predicted molar refractivity (Wildman–Crippen MR) is 124 cm³/mol. The summed E-state index contributed by atoms with van der Waals surface area (Å²) < 4.78 is 3.56. The summed E-state index contributed by atoms with van der Waals surface area (Å²) in [4.78, 5) is 31.7. The van der Waals surface area contributed by atoms with E-state index in [-0.39, 0.29) is 35.9 Å². The van der Waals surface area contributed by atoms with Crippen molar-refractivity contribution < 1.29 is 9.90 Å². The third kappa shape index (κ3) is 4.33. The first kappa shape index (κ1) is 22.2. The Balaban J connectivity index is 1.41. The van der Waals surface area contributed by atoms with Crippen LogP contribution in [0.1, 0.15) is 30.7 Å². The first-order valence-electron chi connectivity index (χ1n) is 10.4. The summed E-state index contributed by atoms with van der Waals surface area (Å²) in [6.45, 7) is 0.907. The summed E-state index contributed by atoms with van der Waals surface area (Å²) >= 11 is 3.37. The van der Waals surface area contributed by atoms with Crippen LogP contribution < -0.4 is 5.56 Å². The maximum Gasteiger partial charge on any atom is 0.281 e. The van der Waals surface area contributed by atoms with Gasteiger partial charge in [0, 0.05) is 26.6 Å². The molecule has 8 nitrogen and oxygen atoms in total. The molecule has 1 N–H and O–H groups in total. The number of hydrogen-bond acceptors (Lipinski definition) is 5. The van der Waals surface area contributed by atoms with E-state index in [9.17, 15) is 14.7 Å². The highest BCUT2D eigenvalue weighted by Crippen LogP contribution is 2.27. The van der Waals surface area contributed by atoms with Crippen LogP contribution in [0, 0.1) is 12.3 Å². The van der Waals surface area contributed by atoms with Crippen molar-refractivity contribution in [1.29, 1.82) is 0 Å². The maximum atomic E-state index is 12.8. The van der Waals surface area contributed by atoms with Gasteiger partial charge in [-0.2, -0.15) is 5.10 Å². The van der Waals surface area contributed by atoms with E-state index in [2.05, 4.69) is 31.9 Å². The van der Waals surface area contributed by atoms with Gasteiger partial charge in [-0.3, -0.25) is 18.8 Å². The number of rotatable bonds is 5. The van der Waals surface area contributed by atoms with Crippen molar-refractivity contribution in [3.05, 3.63) is 57.2 Å². The fraction of sp³-hybridized carbons (Fsp3) is 0.391. The van der Waals surface area contributed by atoms with Gasteiger partial charge in [-0.1, -0.05) is 36.3 Å². The molecule has 0 bridgehead atoms. The molecule has 1 atom stereocenters. The molecule has 0 unspecified atom stereocenters. The minimum atomic E-state index is -1.10. The normalized spacial score (nSPS) is 16.6. The lowest BCUT2D eigenvalue weighted by Gasteiger charge is -2.38. The molecule has 1 amide bonds.